The Labute approximate surface area is 617 Å². The number of fused-ring (bicyclic) bond motifs is 9. The number of anilines is 6. The van der Waals surface area contributed by atoms with Crippen molar-refractivity contribution in [3.63, 3.8) is 0 Å². The van der Waals surface area contributed by atoms with Crippen LogP contribution in [-0.4, -0.2) is 11.3 Å². The minimum atomic E-state index is -0.311. The van der Waals surface area contributed by atoms with Gasteiger partial charge >= 0.3 is 0 Å². The van der Waals surface area contributed by atoms with Crippen molar-refractivity contribution in [3.05, 3.63) is 335 Å². The molecular weight excluding hydrogens is 1250 g/mol. The topological polar surface area (TPSA) is 11.4 Å². The summed E-state index contributed by atoms with van der Waals surface area (Å²) in [7, 11) is 0. The maximum atomic E-state index is 2.77. The molecule has 0 amide bonds. The largest absolute Gasteiger partial charge is 0.310 e. The Morgan fingerprint density at radius 2 is 0.673 bits per heavy atom. The van der Waals surface area contributed by atoms with Crippen LogP contribution in [0, 0.1) is 0 Å². The molecule has 3 aliphatic rings. The zero-order valence-electron chi connectivity index (χ0n) is 63.3. The normalized spacial score (nSPS) is 13.8. The lowest BCUT2D eigenvalue weighted by Gasteiger charge is -2.47. The predicted molar refractivity (Wildman–Crippen MR) is 447 cm³/mol. The molecule has 0 spiro atoms. The van der Waals surface area contributed by atoms with Crippen LogP contribution >= 0.6 is 0 Å². The Morgan fingerprint density at radius 3 is 1.08 bits per heavy atom. The molecule has 0 fully saturated rings. The monoisotopic (exact) mass is 1350 g/mol. The maximum absolute atomic E-state index is 2.77. The first-order valence-electron chi connectivity index (χ1n) is 37.7. The van der Waals surface area contributed by atoms with E-state index in [2.05, 4.69) is 397 Å². The van der Waals surface area contributed by atoms with Gasteiger partial charge in [0.15, 0.2) is 0 Å². The first-order chi connectivity index (χ1) is 49.8. The molecule has 0 saturated heterocycles. The second kappa shape index (κ2) is 24.5. The van der Waals surface area contributed by atoms with Crippen LogP contribution < -0.4 is 26.2 Å². The highest BCUT2D eigenvalue weighted by Gasteiger charge is 2.47. The minimum Gasteiger partial charge on any atom is -0.310 e. The van der Waals surface area contributed by atoms with Gasteiger partial charge in [-0.25, -0.2) is 0 Å². The lowest BCUT2D eigenvalue weighted by atomic mass is 9.33. The minimum absolute atomic E-state index is 0.00268. The summed E-state index contributed by atoms with van der Waals surface area (Å²) in [4.78, 5) is 5.51. The van der Waals surface area contributed by atoms with Crippen LogP contribution in [-0.2, 0) is 33.5 Å². The van der Waals surface area contributed by atoms with E-state index in [0.717, 1.165) is 29.2 Å². The van der Waals surface area contributed by atoms with E-state index in [0.29, 0.717) is 0 Å². The molecule has 1 aliphatic carbocycles. The molecule has 0 bridgehead atoms. The number of rotatable bonds is 8. The highest BCUT2D eigenvalue weighted by Crippen LogP contribution is 2.56. The summed E-state index contributed by atoms with van der Waals surface area (Å²) < 4.78 is 2.58. The smallest absolute Gasteiger partial charge is 0.252 e. The van der Waals surface area contributed by atoms with E-state index in [1.165, 1.54) is 155 Å². The Bertz CT molecular complexity index is 5490. The highest BCUT2D eigenvalue weighted by molar-refractivity contribution is 7.00. The first-order valence-corrected chi connectivity index (χ1v) is 37.7. The summed E-state index contributed by atoms with van der Waals surface area (Å²) in [6.07, 6.45) is 0.909. The predicted octanol–water partition coefficient (Wildman–Crippen LogP) is 25.1. The molecule has 512 valence electrons. The number of benzene rings is 13. The molecule has 4 heteroatoms. The summed E-state index contributed by atoms with van der Waals surface area (Å²) in [5.74, 6) is 0.00268. The van der Waals surface area contributed by atoms with Gasteiger partial charge in [0.05, 0.1) is 22.4 Å². The van der Waals surface area contributed by atoms with Gasteiger partial charge in [-0.2, -0.15) is 0 Å². The van der Waals surface area contributed by atoms with Crippen molar-refractivity contribution in [1.29, 1.82) is 0 Å². The van der Waals surface area contributed by atoms with Crippen LogP contribution in [0.1, 0.15) is 165 Å². The molecule has 0 atom stereocenters. The molecule has 2 aliphatic heterocycles. The molecule has 14 aromatic rings. The van der Waals surface area contributed by atoms with Crippen LogP contribution in [0.2, 0.25) is 0 Å². The van der Waals surface area contributed by atoms with Gasteiger partial charge in [-0.3, -0.25) is 0 Å². The van der Waals surface area contributed by atoms with Crippen molar-refractivity contribution in [1.82, 2.24) is 4.57 Å². The summed E-state index contributed by atoms with van der Waals surface area (Å²) in [5.41, 5.74) is 36.3. The average Bonchev–Trinajstić information content (AvgIpc) is 0.743. The van der Waals surface area contributed by atoms with Crippen LogP contribution in [0.15, 0.2) is 279 Å². The summed E-state index contributed by atoms with van der Waals surface area (Å²) in [6, 6.07) is 109. The third kappa shape index (κ3) is 11.3. The zero-order chi connectivity index (χ0) is 72.1. The van der Waals surface area contributed by atoms with E-state index in [9.17, 15) is 0 Å². The van der Waals surface area contributed by atoms with Gasteiger partial charge < -0.3 is 14.4 Å². The second-order valence-corrected chi connectivity index (χ2v) is 35.0. The lowest BCUT2D eigenvalue weighted by molar-refractivity contribution is 0.590. The van der Waals surface area contributed by atoms with Gasteiger partial charge in [-0.05, 0) is 207 Å². The van der Waals surface area contributed by atoms with E-state index in [-0.39, 0.29) is 39.7 Å². The summed E-state index contributed by atoms with van der Waals surface area (Å²) >= 11 is 0. The van der Waals surface area contributed by atoms with Crippen LogP contribution in [0.5, 0.6) is 0 Å². The second-order valence-electron chi connectivity index (χ2n) is 35.0. The standard InChI is InChI=1S/C100H94BN3/c1-96(2,3)70-45-50-86-82(54-70)83-55-71(97(4,5)6)46-51-87(83)102(86)75-47-48-84-89(62-75)104(95-80(65-36-24-18-25-37-65)58-73(99(10,11)12)59-81(95)66-38-26-19-27-39-66)91-61-74(100(13,14)15)60-90-93(91)101(84)85-53-69(92-76-42-30-28-40-67(76)52-68-41-29-31-43-77(68)92)44-49-88(85)103(90)94-78(63-32-20-16-21-33-63)56-72(98(7,8)9)57-79(94)64-34-22-17-23-35-64/h16-51,53-62,92H,52H2,1-15H3. The van der Waals surface area contributed by atoms with Crippen molar-refractivity contribution in [2.45, 2.75) is 143 Å². The summed E-state index contributed by atoms with van der Waals surface area (Å²) in [5, 5.41) is 2.54. The van der Waals surface area contributed by atoms with E-state index in [4.69, 9.17) is 0 Å². The van der Waals surface area contributed by atoms with Crippen molar-refractivity contribution in [2.75, 3.05) is 9.80 Å². The third-order valence-corrected chi connectivity index (χ3v) is 22.9. The fourth-order valence-electron chi connectivity index (χ4n) is 17.1. The molecule has 0 N–H and O–H groups in total. The number of hydrogen-bond donors (Lipinski definition) is 0. The van der Waals surface area contributed by atoms with Crippen LogP contribution in [0.4, 0.5) is 34.1 Å². The zero-order valence-corrected chi connectivity index (χ0v) is 63.3. The van der Waals surface area contributed by atoms with Gasteiger partial charge in [0.1, 0.15) is 0 Å². The van der Waals surface area contributed by atoms with Crippen molar-refractivity contribution >= 4 is 79.0 Å². The van der Waals surface area contributed by atoms with Crippen LogP contribution in [0.3, 0.4) is 0 Å². The van der Waals surface area contributed by atoms with Gasteiger partial charge in [0.25, 0.3) is 6.71 Å². The molecule has 13 aromatic carbocycles. The Morgan fingerprint density at radius 1 is 0.298 bits per heavy atom. The fraction of sp³-hybridized carbons (Fsp3) is 0.220. The lowest BCUT2D eigenvalue weighted by Crippen LogP contribution is -2.61. The SMILES string of the molecule is CC(C)(C)c1cc(-c2ccccc2)c(N2c3ccc(C4c5ccccc5Cc5ccccc54)cc3B3c4ccc(-n5c6ccc(C(C)(C)C)cc6c6cc(C(C)(C)C)ccc65)cc4N(c4c(-c5ccccc5)cc(C(C)(C)C)cc4-c4ccccc4)c4cc(C(C)(C)C)cc2c43)c(-c2ccccc2)c1. The molecule has 3 nitrogen and oxygen atoms in total. The molecule has 0 saturated carbocycles. The van der Waals surface area contributed by atoms with Gasteiger partial charge in [0, 0.05) is 67.4 Å². The molecule has 3 heterocycles. The maximum Gasteiger partial charge on any atom is 0.252 e. The van der Waals surface area contributed by atoms with E-state index in [1.807, 2.05) is 0 Å². The Kier molecular flexibility index (Phi) is 15.7. The van der Waals surface area contributed by atoms with Crippen molar-refractivity contribution in [2.24, 2.45) is 0 Å². The third-order valence-electron chi connectivity index (χ3n) is 22.9. The molecular formula is C100H94BN3. The van der Waals surface area contributed by atoms with E-state index in [1.54, 1.807) is 0 Å². The molecule has 1 aromatic heterocycles. The Balaban J connectivity index is 1.07. The van der Waals surface area contributed by atoms with E-state index >= 15 is 0 Å². The number of aromatic nitrogens is 1. The molecule has 0 radical (unpaired) electrons. The molecule has 0 unspecified atom stereocenters. The van der Waals surface area contributed by atoms with E-state index < -0.39 is 0 Å². The van der Waals surface area contributed by atoms with Gasteiger partial charge in [0.2, 0.25) is 0 Å². The van der Waals surface area contributed by atoms with Crippen LogP contribution in [0.25, 0.3) is 72.0 Å². The van der Waals surface area contributed by atoms with Crippen molar-refractivity contribution in [3.8, 4) is 50.2 Å². The Hall–Kier alpha value is -10.7. The molecule has 17 rings (SSSR count). The van der Waals surface area contributed by atoms with Crippen molar-refractivity contribution < 1.29 is 0 Å². The number of hydrogen-bond acceptors (Lipinski definition) is 2. The quantitative estimate of drug-likeness (QED) is 0.141. The highest BCUT2D eigenvalue weighted by atomic mass is 15.2. The fourth-order valence-corrected chi connectivity index (χ4v) is 17.1. The van der Waals surface area contributed by atoms with Gasteiger partial charge in [-0.1, -0.05) is 304 Å². The number of nitrogens with zero attached hydrogens (tertiary/aromatic N) is 3. The average molecular weight is 1350 g/mol. The summed E-state index contributed by atoms with van der Waals surface area (Å²) in [6.45, 7) is 35.3. The molecule has 104 heavy (non-hydrogen) atoms. The van der Waals surface area contributed by atoms with Gasteiger partial charge in [-0.15, -0.1) is 0 Å². The first kappa shape index (κ1) is 66.6.